The Morgan fingerprint density at radius 2 is 2.50 bits per heavy atom. The highest BCUT2D eigenvalue weighted by Gasteiger charge is 2.36. The van der Waals surface area contributed by atoms with Gasteiger partial charge in [0.05, 0.1) is 0 Å². The van der Waals surface area contributed by atoms with Crippen LogP contribution in [0.1, 0.15) is 26.2 Å². The lowest BCUT2D eigenvalue weighted by atomic mass is 9.91. The van der Waals surface area contributed by atoms with E-state index in [0.717, 1.165) is 5.92 Å². The second kappa shape index (κ2) is 1.18. The summed E-state index contributed by atoms with van der Waals surface area (Å²) in [6.07, 6.45) is 9.12. The largest absolute Gasteiger partial charge is 0.0848 e. The first kappa shape index (κ1) is 4.60. The third-order valence-electron chi connectivity index (χ3n) is 2.59. The number of hydrogen-bond donors (Lipinski definition) is 0. The molecule has 8 heavy (non-hydrogen) atoms. The molecular weight excluding hydrogens is 96.1 g/mol. The summed E-state index contributed by atoms with van der Waals surface area (Å²) >= 11 is 0. The summed E-state index contributed by atoms with van der Waals surface area (Å²) in [6.45, 7) is 2.37. The summed E-state index contributed by atoms with van der Waals surface area (Å²) in [7, 11) is 0. The fourth-order valence-corrected chi connectivity index (χ4v) is 2.00. The average molecular weight is 108 g/mol. The lowest BCUT2D eigenvalue weighted by Gasteiger charge is -2.14. The Morgan fingerprint density at radius 1 is 1.62 bits per heavy atom. The van der Waals surface area contributed by atoms with Gasteiger partial charge >= 0.3 is 0 Å². The normalized spacial score (nSPS) is 50.9. The summed E-state index contributed by atoms with van der Waals surface area (Å²) in [4.78, 5) is 0. The average Bonchev–Trinajstić information content (AvgIpc) is 2.21. The lowest BCUT2D eigenvalue weighted by molar-refractivity contribution is 0.455. The minimum absolute atomic E-state index is 0.630. The predicted molar refractivity (Wildman–Crippen MR) is 34.6 cm³/mol. The molecular formula is C8H12. The quantitative estimate of drug-likeness (QED) is 0.418. The number of rotatable bonds is 0. The van der Waals surface area contributed by atoms with E-state index in [-0.39, 0.29) is 0 Å². The fourth-order valence-electron chi connectivity index (χ4n) is 2.00. The Bertz CT molecular complexity index is 135. The first-order chi connectivity index (χ1) is 3.79. The predicted octanol–water partition coefficient (Wildman–Crippen LogP) is 2.36. The smallest absolute Gasteiger partial charge is 0.0141 e. The van der Waals surface area contributed by atoms with Gasteiger partial charge in [-0.05, 0) is 30.6 Å². The molecule has 0 unspecified atom stereocenters. The molecule has 0 N–H and O–H groups in total. The molecule has 44 valence electrons. The molecule has 0 heteroatoms. The Hall–Kier alpha value is -0.260. The second-order valence-corrected chi connectivity index (χ2v) is 3.52. The SMILES string of the molecule is C[C@@]12C=C[C@@H](CC1)C2. The minimum atomic E-state index is 0.630. The molecule has 2 bridgehead atoms. The van der Waals surface area contributed by atoms with E-state index in [0.29, 0.717) is 5.41 Å². The van der Waals surface area contributed by atoms with Gasteiger partial charge in [-0.2, -0.15) is 0 Å². The summed E-state index contributed by atoms with van der Waals surface area (Å²) in [5.41, 5.74) is 0.630. The van der Waals surface area contributed by atoms with E-state index < -0.39 is 0 Å². The molecule has 0 amide bonds. The van der Waals surface area contributed by atoms with E-state index in [2.05, 4.69) is 19.1 Å². The maximum atomic E-state index is 2.40. The van der Waals surface area contributed by atoms with Crippen LogP contribution >= 0.6 is 0 Å². The molecule has 0 aromatic carbocycles. The zero-order valence-corrected chi connectivity index (χ0v) is 5.35. The van der Waals surface area contributed by atoms with E-state index in [1.54, 1.807) is 0 Å². The van der Waals surface area contributed by atoms with Crippen molar-refractivity contribution in [2.75, 3.05) is 0 Å². The van der Waals surface area contributed by atoms with Gasteiger partial charge < -0.3 is 0 Å². The molecule has 2 aliphatic carbocycles. The molecule has 0 aromatic rings. The molecule has 2 aliphatic rings. The van der Waals surface area contributed by atoms with Gasteiger partial charge in [0.1, 0.15) is 0 Å². The van der Waals surface area contributed by atoms with Crippen LogP contribution in [0.5, 0.6) is 0 Å². The number of fused-ring (bicyclic) bond motifs is 2. The van der Waals surface area contributed by atoms with Crippen LogP contribution in [0, 0.1) is 11.3 Å². The maximum Gasteiger partial charge on any atom is -0.0141 e. The molecule has 2 rings (SSSR count). The Morgan fingerprint density at radius 3 is 2.62 bits per heavy atom. The van der Waals surface area contributed by atoms with E-state index in [9.17, 15) is 0 Å². The lowest BCUT2D eigenvalue weighted by Crippen LogP contribution is -2.02. The van der Waals surface area contributed by atoms with Crippen LogP contribution in [-0.4, -0.2) is 0 Å². The van der Waals surface area contributed by atoms with Crippen molar-refractivity contribution in [2.45, 2.75) is 26.2 Å². The van der Waals surface area contributed by atoms with Gasteiger partial charge in [-0.15, -0.1) is 0 Å². The molecule has 0 radical (unpaired) electrons. The topological polar surface area (TPSA) is 0 Å². The van der Waals surface area contributed by atoms with Crippen LogP contribution in [0.3, 0.4) is 0 Å². The van der Waals surface area contributed by atoms with Crippen LogP contribution in [0.2, 0.25) is 0 Å². The van der Waals surface area contributed by atoms with E-state index >= 15 is 0 Å². The summed E-state index contributed by atoms with van der Waals surface area (Å²) < 4.78 is 0. The first-order valence-electron chi connectivity index (χ1n) is 3.48. The molecule has 0 aliphatic heterocycles. The molecule has 0 heterocycles. The van der Waals surface area contributed by atoms with Crippen molar-refractivity contribution in [1.82, 2.24) is 0 Å². The van der Waals surface area contributed by atoms with Crippen molar-refractivity contribution in [3.63, 3.8) is 0 Å². The van der Waals surface area contributed by atoms with Gasteiger partial charge in [-0.1, -0.05) is 19.1 Å². The van der Waals surface area contributed by atoms with Crippen LogP contribution < -0.4 is 0 Å². The van der Waals surface area contributed by atoms with Gasteiger partial charge in [-0.3, -0.25) is 0 Å². The van der Waals surface area contributed by atoms with Crippen molar-refractivity contribution in [1.29, 1.82) is 0 Å². The third kappa shape index (κ3) is 0.460. The van der Waals surface area contributed by atoms with Crippen LogP contribution in [0.25, 0.3) is 0 Å². The van der Waals surface area contributed by atoms with Gasteiger partial charge in [0.2, 0.25) is 0 Å². The summed E-state index contributed by atoms with van der Waals surface area (Å²) in [5.74, 6) is 0.958. The van der Waals surface area contributed by atoms with Crippen LogP contribution in [-0.2, 0) is 0 Å². The highest BCUT2D eigenvalue weighted by molar-refractivity contribution is 5.13. The van der Waals surface area contributed by atoms with E-state index in [1.165, 1.54) is 19.3 Å². The monoisotopic (exact) mass is 108 g/mol. The molecule has 1 saturated carbocycles. The van der Waals surface area contributed by atoms with E-state index in [1.807, 2.05) is 0 Å². The second-order valence-electron chi connectivity index (χ2n) is 3.52. The van der Waals surface area contributed by atoms with Gasteiger partial charge in [0.25, 0.3) is 0 Å². The van der Waals surface area contributed by atoms with Crippen LogP contribution in [0.4, 0.5) is 0 Å². The van der Waals surface area contributed by atoms with Gasteiger partial charge in [0, 0.05) is 0 Å². The van der Waals surface area contributed by atoms with Crippen molar-refractivity contribution >= 4 is 0 Å². The summed E-state index contributed by atoms with van der Waals surface area (Å²) in [6, 6.07) is 0. The van der Waals surface area contributed by atoms with Crippen molar-refractivity contribution in [3.8, 4) is 0 Å². The molecule has 0 spiro atoms. The maximum absolute atomic E-state index is 2.40. The summed E-state index contributed by atoms with van der Waals surface area (Å²) in [5, 5.41) is 0. The number of hydrogen-bond acceptors (Lipinski definition) is 0. The van der Waals surface area contributed by atoms with Crippen LogP contribution in [0.15, 0.2) is 12.2 Å². The van der Waals surface area contributed by atoms with Crippen molar-refractivity contribution in [2.24, 2.45) is 11.3 Å². The number of allylic oxidation sites excluding steroid dienone is 2. The zero-order valence-electron chi connectivity index (χ0n) is 5.35. The highest BCUT2D eigenvalue weighted by atomic mass is 14.4. The fraction of sp³-hybridized carbons (Fsp3) is 0.750. The van der Waals surface area contributed by atoms with Gasteiger partial charge in [-0.25, -0.2) is 0 Å². The molecule has 0 aromatic heterocycles. The Balaban J connectivity index is 2.33. The molecule has 0 saturated heterocycles. The van der Waals surface area contributed by atoms with E-state index in [4.69, 9.17) is 0 Å². The Kier molecular flexibility index (Phi) is 0.677. The molecule has 0 nitrogen and oxygen atoms in total. The zero-order chi connectivity index (χ0) is 5.61. The Labute approximate surface area is 50.6 Å². The first-order valence-corrected chi connectivity index (χ1v) is 3.48. The molecule has 1 fully saturated rings. The van der Waals surface area contributed by atoms with Gasteiger partial charge in [0.15, 0.2) is 0 Å². The third-order valence-corrected chi connectivity index (χ3v) is 2.59. The van der Waals surface area contributed by atoms with Crippen molar-refractivity contribution < 1.29 is 0 Å². The highest BCUT2D eigenvalue weighted by Crippen LogP contribution is 2.48. The standard InChI is InChI=1S/C8H12/c1-8-4-2-7(6-8)3-5-8/h2,4,7H,3,5-6H2,1H3/t7-,8+/m0/s1. The molecule has 2 atom stereocenters. The minimum Gasteiger partial charge on any atom is -0.0848 e. The van der Waals surface area contributed by atoms with Crippen molar-refractivity contribution in [3.05, 3.63) is 12.2 Å².